The number of hydrogen-bond donors (Lipinski definition) is 1. The van der Waals surface area contributed by atoms with Crippen molar-refractivity contribution in [2.24, 2.45) is 0 Å². The average molecular weight is 571 g/mol. The lowest BCUT2D eigenvalue weighted by atomic mass is 10.0. The molecule has 0 aliphatic rings. The van der Waals surface area contributed by atoms with Crippen molar-refractivity contribution in [2.75, 3.05) is 18.5 Å². The van der Waals surface area contributed by atoms with Crippen molar-refractivity contribution in [3.8, 4) is 11.5 Å². The molecule has 0 saturated carbocycles. The Balaban J connectivity index is 1.74. The smallest absolute Gasteiger partial charge is 0.303 e. The molecule has 5 aromatic rings. The maximum absolute atomic E-state index is 14.6. The summed E-state index contributed by atoms with van der Waals surface area (Å²) in [6, 6.07) is 24.4. The first-order valence-electron chi connectivity index (χ1n) is 12.6. The summed E-state index contributed by atoms with van der Waals surface area (Å²) < 4.78 is 40.2. The third-order valence-electron chi connectivity index (χ3n) is 6.68. The number of sulfonamides is 1. The largest absolute Gasteiger partial charge is 0.497 e. The number of aryl methyl sites for hydroxylation is 1. The Morgan fingerprint density at radius 2 is 1.44 bits per heavy atom. The monoisotopic (exact) mass is 570 g/mol. The number of aromatic nitrogens is 1. The molecule has 0 aliphatic carbocycles. The minimum atomic E-state index is -4.51. The van der Waals surface area contributed by atoms with E-state index in [9.17, 15) is 18.0 Å². The van der Waals surface area contributed by atoms with Crippen LogP contribution in [0.3, 0.4) is 0 Å². The van der Waals surface area contributed by atoms with Crippen LogP contribution in [0.5, 0.6) is 11.5 Å². The zero-order valence-electron chi connectivity index (χ0n) is 22.3. The first-order valence-corrected chi connectivity index (χ1v) is 14.1. The second-order valence-electron chi connectivity index (χ2n) is 9.17. The standard InChI is InChI=1S/C31H26N2O7S/c1-39-21-14-17-27(28(19-21)40-2)33(41(37,38)22-15-11-20(12-16-22)13-18-29(34)35)31(36)30-23-7-3-5-9-25(23)32-26-10-6-4-8-24(26)30/h3-12,14-17,19H,13,18H2,1-2H3,(H,34,35). The van der Waals surface area contributed by atoms with Gasteiger partial charge in [0.2, 0.25) is 0 Å². The summed E-state index contributed by atoms with van der Waals surface area (Å²) in [5.74, 6) is -1.22. The molecule has 0 fully saturated rings. The number of carboxylic acids is 1. The van der Waals surface area contributed by atoms with E-state index < -0.39 is 21.9 Å². The zero-order chi connectivity index (χ0) is 29.1. The number of aliphatic carboxylic acids is 1. The van der Waals surface area contributed by atoms with Crippen molar-refractivity contribution < 1.29 is 32.6 Å². The number of hydrogen-bond acceptors (Lipinski definition) is 7. The fraction of sp³-hybridized carbons (Fsp3) is 0.129. The SMILES string of the molecule is COc1ccc(N(C(=O)c2c3ccccc3nc3ccccc23)S(=O)(=O)c2ccc(CCC(=O)O)cc2)c(OC)c1. The molecule has 4 aromatic carbocycles. The number of ether oxygens (including phenoxy) is 2. The fourth-order valence-electron chi connectivity index (χ4n) is 4.66. The molecule has 1 heterocycles. The van der Waals surface area contributed by atoms with Gasteiger partial charge in [0, 0.05) is 23.3 Å². The van der Waals surface area contributed by atoms with Gasteiger partial charge in [-0.25, -0.2) is 13.4 Å². The molecule has 0 saturated heterocycles. The number of anilines is 1. The number of fused-ring (bicyclic) bond motifs is 2. The molecular weight excluding hydrogens is 544 g/mol. The predicted octanol–water partition coefficient (Wildman–Crippen LogP) is 5.46. The maximum atomic E-state index is 14.6. The number of para-hydroxylation sites is 2. The number of nitrogens with zero attached hydrogens (tertiary/aromatic N) is 2. The molecule has 9 nitrogen and oxygen atoms in total. The zero-order valence-corrected chi connectivity index (χ0v) is 23.1. The molecule has 0 bridgehead atoms. The minimum Gasteiger partial charge on any atom is -0.497 e. The Hall–Kier alpha value is -4.96. The molecule has 5 rings (SSSR count). The van der Waals surface area contributed by atoms with E-state index in [2.05, 4.69) is 4.98 Å². The normalized spacial score (nSPS) is 11.4. The Bertz CT molecular complexity index is 1830. The molecule has 10 heteroatoms. The lowest BCUT2D eigenvalue weighted by molar-refractivity contribution is -0.136. The highest BCUT2D eigenvalue weighted by Crippen LogP contribution is 2.38. The summed E-state index contributed by atoms with van der Waals surface area (Å²) >= 11 is 0. The number of methoxy groups -OCH3 is 2. The van der Waals surface area contributed by atoms with E-state index in [1.165, 1.54) is 38.5 Å². The molecule has 0 aliphatic heterocycles. The summed E-state index contributed by atoms with van der Waals surface area (Å²) in [6.45, 7) is 0. The highest BCUT2D eigenvalue weighted by molar-refractivity contribution is 7.93. The molecule has 0 spiro atoms. The molecule has 1 N–H and O–H groups in total. The van der Waals surface area contributed by atoms with Crippen LogP contribution in [-0.4, -0.2) is 44.6 Å². The predicted molar refractivity (Wildman–Crippen MR) is 155 cm³/mol. The molecular formula is C31H26N2O7S. The van der Waals surface area contributed by atoms with Gasteiger partial charge in [0.25, 0.3) is 15.9 Å². The highest BCUT2D eigenvalue weighted by Gasteiger charge is 2.36. The third-order valence-corrected chi connectivity index (χ3v) is 8.39. The van der Waals surface area contributed by atoms with Crippen molar-refractivity contribution in [2.45, 2.75) is 17.7 Å². The van der Waals surface area contributed by atoms with Gasteiger partial charge in [-0.1, -0.05) is 48.5 Å². The quantitative estimate of drug-likeness (QED) is 0.232. The van der Waals surface area contributed by atoms with Crippen LogP contribution in [0.4, 0.5) is 5.69 Å². The summed E-state index contributed by atoms with van der Waals surface area (Å²) in [5, 5.41) is 9.99. The topological polar surface area (TPSA) is 123 Å². The van der Waals surface area contributed by atoms with Crippen LogP contribution in [0.2, 0.25) is 0 Å². The second kappa shape index (κ2) is 11.3. The maximum Gasteiger partial charge on any atom is 0.303 e. The molecule has 0 unspecified atom stereocenters. The lowest BCUT2D eigenvalue weighted by Crippen LogP contribution is -2.37. The number of pyridine rings is 1. The molecule has 41 heavy (non-hydrogen) atoms. The van der Waals surface area contributed by atoms with E-state index in [4.69, 9.17) is 14.6 Å². The summed E-state index contributed by atoms with van der Waals surface area (Å²) in [5.41, 5.74) is 1.90. The van der Waals surface area contributed by atoms with Crippen LogP contribution >= 0.6 is 0 Å². The van der Waals surface area contributed by atoms with Crippen LogP contribution in [0, 0.1) is 0 Å². The van der Waals surface area contributed by atoms with Gasteiger partial charge in [0.05, 0.1) is 35.7 Å². The van der Waals surface area contributed by atoms with E-state index in [0.717, 1.165) is 4.31 Å². The number of amides is 1. The van der Waals surface area contributed by atoms with Crippen LogP contribution in [-0.2, 0) is 21.2 Å². The Kier molecular flexibility index (Phi) is 7.58. The number of carbonyl (C=O) groups is 2. The summed E-state index contributed by atoms with van der Waals surface area (Å²) in [7, 11) is -1.67. The van der Waals surface area contributed by atoms with Crippen LogP contribution in [0.1, 0.15) is 22.3 Å². The third kappa shape index (κ3) is 5.29. The van der Waals surface area contributed by atoms with Gasteiger partial charge in [0.1, 0.15) is 17.2 Å². The highest BCUT2D eigenvalue weighted by atomic mass is 32.2. The van der Waals surface area contributed by atoms with Gasteiger partial charge in [-0.2, -0.15) is 4.31 Å². The number of carbonyl (C=O) groups excluding carboxylic acids is 1. The molecule has 208 valence electrons. The summed E-state index contributed by atoms with van der Waals surface area (Å²) in [4.78, 5) is 30.1. The van der Waals surface area contributed by atoms with E-state index in [0.29, 0.717) is 33.1 Å². The Morgan fingerprint density at radius 1 is 0.829 bits per heavy atom. The second-order valence-corrected chi connectivity index (χ2v) is 11.0. The Morgan fingerprint density at radius 3 is 2.00 bits per heavy atom. The lowest BCUT2D eigenvalue weighted by Gasteiger charge is -2.26. The molecule has 1 aromatic heterocycles. The van der Waals surface area contributed by atoms with E-state index >= 15 is 0 Å². The van der Waals surface area contributed by atoms with Crippen molar-refractivity contribution in [1.82, 2.24) is 4.98 Å². The van der Waals surface area contributed by atoms with Gasteiger partial charge >= 0.3 is 5.97 Å². The van der Waals surface area contributed by atoms with Gasteiger partial charge in [-0.15, -0.1) is 0 Å². The number of benzene rings is 4. The first-order chi connectivity index (χ1) is 19.7. The van der Waals surface area contributed by atoms with E-state index in [1.54, 1.807) is 66.7 Å². The Labute approximate surface area is 236 Å². The van der Waals surface area contributed by atoms with Crippen LogP contribution in [0.15, 0.2) is 95.9 Å². The van der Waals surface area contributed by atoms with Gasteiger partial charge < -0.3 is 14.6 Å². The average Bonchev–Trinajstić information content (AvgIpc) is 2.99. The summed E-state index contributed by atoms with van der Waals surface area (Å²) in [6.07, 6.45) is 0.140. The fourth-order valence-corrected chi connectivity index (χ4v) is 6.07. The van der Waals surface area contributed by atoms with Crippen molar-refractivity contribution in [3.05, 3.63) is 102 Å². The molecule has 1 amide bonds. The molecule has 0 radical (unpaired) electrons. The van der Waals surface area contributed by atoms with Gasteiger partial charge in [-0.3, -0.25) is 9.59 Å². The van der Waals surface area contributed by atoms with E-state index in [-0.39, 0.29) is 34.7 Å². The molecule has 0 atom stereocenters. The van der Waals surface area contributed by atoms with Gasteiger partial charge in [0.15, 0.2) is 0 Å². The van der Waals surface area contributed by atoms with Crippen molar-refractivity contribution >= 4 is 49.4 Å². The number of rotatable bonds is 9. The van der Waals surface area contributed by atoms with Crippen LogP contribution in [0.25, 0.3) is 21.8 Å². The number of carboxylic acid groups (broad SMARTS) is 1. The van der Waals surface area contributed by atoms with E-state index in [1.807, 2.05) is 0 Å². The van der Waals surface area contributed by atoms with Crippen LogP contribution < -0.4 is 13.8 Å². The first kappa shape index (κ1) is 27.6. The van der Waals surface area contributed by atoms with Crippen molar-refractivity contribution in [3.63, 3.8) is 0 Å². The van der Waals surface area contributed by atoms with Gasteiger partial charge in [-0.05, 0) is 48.4 Å². The minimum absolute atomic E-state index is 0.00164. The van der Waals surface area contributed by atoms with Crippen molar-refractivity contribution in [1.29, 1.82) is 0 Å².